The number of aliphatic hydroxyl groups is 1. The van der Waals surface area contributed by atoms with Gasteiger partial charge in [-0.15, -0.1) is 0 Å². The summed E-state index contributed by atoms with van der Waals surface area (Å²) in [4.78, 5) is 4.61. The van der Waals surface area contributed by atoms with Crippen molar-refractivity contribution in [3.05, 3.63) is 53.6 Å². The predicted octanol–water partition coefficient (Wildman–Crippen LogP) is 4.30. The van der Waals surface area contributed by atoms with Gasteiger partial charge in [0.15, 0.2) is 11.5 Å². The number of ether oxygens (including phenoxy) is 2. The summed E-state index contributed by atoms with van der Waals surface area (Å²) in [5, 5.41) is 23.1. The van der Waals surface area contributed by atoms with Gasteiger partial charge in [-0.3, -0.25) is 0 Å². The van der Waals surface area contributed by atoms with Gasteiger partial charge in [-0.1, -0.05) is 23.7 Å². The van der Waals surface area contributed by atoms with Gasteiger partial charge in [0.05, 0.1) is 5.69 Å². The first kappa shape index (κ1) is 18.4. The number of phenols is 1. The second kappa shape index (κ2) is 7.96. The average Bonchev–Trinajstić information content (AvgIpc) is 3.19. The fourth-order valence-electron chi connectivity index (χ4n) is 3.08. The zero-order valence-corrected chi connectivity index (χ0v) is 15.7. The number of fused-ring (bicyclic) bond motifs is 1. The predicted molar refractivity (Wildman–Crippen MR) is 108 cm³/mol. The Morgan fingerprint density at radius 1 is 1.07 bits per heavy atom. The van der Waals surface area contributed by atoms with E-state index in [0.717, 1.165) is 11.1 Å². The summed E-state index contributed by atoms with van der Waals surface area (Å²) >= 11 is 6.12. The van der Waals surface area contributed by atoms with E-state index in [1.54, 1.807) is 18.2 Å². The molecule has 0 radical (unpaired) electrons. The molecule has 0 amide bonds. The normalized spacial score (nSPS) is 12.2. The molecule has 0 saturated carbocycles. The van der Waals surface area contributed by atoms with E-state index in [2.05, 4.69) is 10.3 Å². The number of anilines is 1. The van der Waals surface area contributed by atoms with E-state index >= 15 is 0 Å². The number of aliphatic hydroxyl groups excluding tert-OH is 1. The van der Waals surface area contributed by atoms with Crippen molar-refractivity contribution in [3.63, 3.8) is 0 Å². The molecule has 1 aromatic heterocycles. The lowest BCUT2D eigenvalue weighted by Crippen LogP contribution is -2.06. The van der Waals surface area contributed by atoms with Gasteiger partial charge < -0.3 is 25.0 Å². The van der Waals surface area contributed by atoms with Crippen LogP contribution in [0.15, 0.2) is 48.5 Å². The summed E-state index contributed by atoms with van der Waals surface area (Å²) in [5.41, 5.74) is 2.83. The Kier molecular flexibility index (Phi) is 5.23. The maximum atomic E-state index is 10.3. The van der Waals surface area contributed by atoms with Crippen molar-refractivity contribution in [1.29, 1.82) is 0 Å². The molecule has 2 heterocycles. The molecule has 7 heteroatoms. The largest absolute Gasteiger partial charge is 0.507 e. The first-order valence-electron chi connectivity index (χ1n) is 8.90. The molecular formula is C21H19ClN2O4. The zero-order chi connectivity index (χ0) is 19.5. The van der Waals surface area contributed by atoms with Crippen LogP contribution >= 0.6 is 11.6 Å². The molecule has 3 aromatic rings. The summed E-state index contributed by atoms with van der Waals surface area (Å²) < 4.78 is 11.1. The second-order valence-electron chi connectivity index (χ2n) is 6.33. The highest BCUT2D eigenvalue weighted by molar-refractivity contribution is 6.31. The molecule has 0 saturated heterocycles. The van der Waals surface area contributed by atoms with E-state index in [9.17, 15) is 5.11 Å². The monoisotopic (exact) mass is 398 g/mol. The zero-order valence-electron chi connectivity index (χ0n) is 15.0. The lowest BCUT2D eigenvalue weighted by Gasteiger charge is -2.13. The van der Waals surface area contributed by atoms with Crippen molar-refractivity contribution in [2.45, 2.75) is 6.42 Å². The molecule has 144 valence electrons. The number of hydrogen-bond acceptors (Lipinski definition) is 6. The second-order valence-corrected chi connectivity index (χ2v) is 6.77. The molecule has 0 bridgehead atoms. The lowest BCUT2D eigenvalue weighted by atomic mass is 10.0. The van der Waals surface area contributed by atoms with Crippen molar-refractivity contribution < 1.29 is 19.7 Å². The van der Waals surface area contributed by atoms with Crippen molar-refractivity contribution in [3.8, 4) is 39.6 Å². The number of pyridine rings is 1. The van der Waals surface area contributed by atoms with Gasteiger partial charge in [0.25, 0.3) is 0 Å². The van der Waals surface area contributed by atoms with Crippen molar-refractivity contribution in [2.24, 2.45) is 0 Å². The Bertz CT molecular complexity index is 1010. The molecule has 1 aliphatic rings. The van der Waals surface area contributed by atoms with Crippen LogP contribution < -0.4 is 14.8 Å². The number of para-hydroxylation sites is 1. The van der Waals surface area contributed by atoms with Crippen molar-refractivity contribution in [2.75, 3.05) is 25.3 Å². The molecule has 28 heavy (non-hydrogen) atoms. The third-order valence-electron chi connectivity index (χ3n) is 4.41. The van der Waals surface area contributed by atoms with Crippen molar-refractivity contribution >= 4 is 17.4 Å². The molecule has 0 atom stereocenters. The highest BCUT2D eigenvalue weighted by Crippen LogP contribution is 2.43. The number of benzene rings is 2. The molecular weight excluding hydrogens is 380 g/mol. The Balaban J connectivity index is 1.83. The van der Waals surface area contributed by atoms with Gasteiger partial charge in [0.2, 0.25) is 6.79 Å². The summed E-state index contributed by atoms with van der Waals surface area (Å²) in [6, 6.07) is 14.3. The Morgan fingerprint density at radius 3 is 2.82 bits per heavy atom. The number of aromatic nitrogens is 1. The van der Waals surface area contributed by atoms with Crippen LogP contribution in [0.25, 0.3) is 22.4 Å². The minimum Gasteiger partial charge on any atom is -0.507 e. The fraction of sp³-hybridized carbons (Fsp3) is 0.190. The number of hydrogen-bond donors (Lipinski definition) is 3. The molecule has 2 aromatic carbocycles. The van der Waals surface area contributed by atoms with Gasteiger partial charge in [-0.2, -0.15) is 0 Å². The average molecular weight is 399 g/mol. The van der Waals surface area contributed by atoms with E-state index in [4.69, 9.17) is 26.2 Å². The van der Waals surface area contributed by atoms with E-state index in [-0.39, 0.29) is 19.1 Å². The first-order valence-corrected chi connectivity index (χ1v) is 9.28. The maximum absolute atomic E-state index is 10.3. The van der Waals surface area contributed by atoms with Crippen LogP contribution in [0.5, 0.6) is 17.2 Å². The summed E-state index contributed by atoms with van der Waals surface area (Å²) in [6.45, 7) is 0.841. The number of nitrogens with zero attached hydrogens (tertiary/aromatic N) is 1. The first-order chi connectivity index (χ1) is 13.7. The molecule has 0 unspecified atom stereocenters. The van der Waals surface area contributed by atoms with Crippen LogP contribution in [0, 0.1) is 0 Å². The summed E-state index contributed by atoms with van der Waals surface area (Å²) in [7, 11) is 0. The van der Waals surface area contributed by atoms with Gasteiger partial charge in [0.1, 0.15) is 11.6 Å². The molecule has 6 nitrogen and oxygen atoms in total. The Hall–Kier alpha value is -2.96. The Labute approximate surface area is 167 Å². The van der Waals surface area contributed by atoms with Gasteiger partial charge >= 0.3 is 0 Å². The molecule has 1 aliphatic heterocycles. The molecule has 0 aliphatic carbocycles. The molecule has 4 rings (SSSR count). The standard InChI is InChI=1S/C21H19ClN2O4/c22-14-5-6-18(26)16(11-14)17-9-13(10-20(24-17)23-7-2-8-25)15-3-1-4-19-21(15)28-12-27-19/h1,3-6,9-11,25-26H,2,7-8,12H2,(H,23,24). The number of nitrogens with one attached hydrogen (secondary N) is 1. The van der Waals surface area contributed by atoms with Crippen LogP contribution in [0.1, 0.15) is 6.42 Å². The van der Waals surface area contributed by atoms with Crippen LogP contribution in [-0.2, 0) is 0 Å². The molecule has 3 N–H and O–H groups in total. The quantitative estimate of drug-likeness (QED) is 0.537. The van der Waals surface area contributed by atoms with E-state index in [1.165, 1.54) is 0 Å². The number of halogens is 1. The van der Waals surface area contributed by atoms with Crippen LogP contribution in [0.3, 0.4) is 0 Å². The maximum Gasteiger partial charge on any atom is 0.231 e. The number of phenolic OH excluding ortho intramolecular Hbond substituents is 1. The van der Waals surface area contributed by atoms with E-state index in [1.807, 2.05) is 30.3 Å². The van der Waals surface area contributed by atoms with Crippen LogP contribution in [-0.4, -0.2) is 35.1 Å². The third kappa shape index (κ3) is 3.69. The highest BCUT2D eigenvalue weighted by atomic mass is 35.5. The van der Waals surface area contributed by atoms with Crippen molar-refractivity contribution in [1.82, 2.24) is 4.98 Å². The third-order valence-corrected chi connectivity index (χ3v) is 4.64. The summed E-state index contributed by atoms with van der Waals surface area (Å²) in [5.74, 6) is 2.08. The lowest BCUT2D eigenvalue weighted by molar-refractivity contribution is 0.174. The topological polar surface area (TPSA) is 83.8 Å². The molecule has 0 spiro atoms. The fourth-order valence-corrected chi connectivity index (χ4v) is 3.25. The molecule has 0 fully saturated rings. The van der Waals surface area contributed by atoms with Gasteiger partial charge in [-0.25, -0.2) is 4.98 Å². The smallest absolute Gasteiger partial charge is 0.231 e. The van der Waals surface area contributed by atoms with E-state index < -0.39 is 0 Å². The van der Waals surface area contributed by atoms with Crippen LogP contribution in [0.2, 0.25) is 5.02 Å². The van der Waals surface area contributed by atoms with Gasteiger partial charge in [-0.05, 0) is 48.4 Å². The van der Waals surface area contributed by atoms with E-state index in [0.29, 0.717) is 46.6 Å². The van der Waals surface area contributed by atoms with Gasteiger partial charge in [0, 0.05) is 29.3 Å². The minimum atomic E-state index is 0.0893. The minimum absolute atomic E-state index is 0.0893. The number of rotatable bonds is 6. The summed E-state index contributed by atoms with van der Waals surface area (Å²) in [6.07, 6.45) is 0.599. The number of aromatic hydroxyl groups is 1. The Morgan fingerprint density at radius 2 is 1.96 bits per heavy atom. The SMILES string of the molecule is OCCCNc1cc(-c2cccc3c2OCO3)cc(-c2cc(Cl)ccc2O)n1. The highest BCUT2D eigenvalue weighted by Gasteiger charge is 2.20. The van der Waals surface area contributed by atoms with Crippen LogP contribution in [0.4, 0.5) is 5.82 Å².